The molecule has 0 aromatic heterocycles. The maximum absolute atomic E-state index is 3.53. The van der Waals surface area contributed by atoms with Gasteiger partial charge in [-0.2, -0.15) is 0 Å². The van der Waals surface area contributed by atoms with E-state index < -0.39 is 6.51 Å². The van der Waals surface area contributed by atoms with Gasteiger partial charge in [-0.3, -0.25) is 0 Å². The van der Waals surface area contributed by atoms with E-state index in [9.17, 15) is 0 Å². The van der Waals surface area contributed by atoms with Gasteiger partial charge in [-0.25, -0.2) is 0 Å². The van der Waals surface area contributed by atoms with Gasteiger partial charge in [0.25, 0.3) is 0 Å². The monoisotopic (exact) mass is 550 g/mol. The van der Waals surface area contributed by atoms with Crippen LogP contribution in [0.3, 0.4) is 0 Å². The van der Waals surface area contributed by atoms with E-state index >= 15 is 0 Å². The molecule has 0 bridgehead atoms. The molecule has 10 fully saturated rings. The standard InChI is InChI=1S/C31H26P.C5H5.Fe/c1-2-3-7-20-10-6-11-26(20)31-29-19-28-24(17-25(29)14-15-30(31)32)13-12-23-16-21-8-4-5-9-22(21)18-27(23)28;1-2-4-5-3-1;/h4-6,8-19H,2-3,7,32H2,1H3;1-5H;. The minimum atomic E-state index is -3.53. The molecular weight excluding hydrogens is 519 g/mol. The van der Waals surface area contributed by atoms with Crippen LogP contribution in [0.25, 0.3) is 43.1 Å². The first-order valence-corrected chi connectivity index (χ1v) is 22.0. The summed E-state index contributed by atoms with van der Waals surface area (Å²) >= 11 is 0. The molecule has 6 unspecified atom stereocenters. The van der Waals surface area contributed by atoms with Crippen molar-refractivity contribution in [2.45, 2.75) is 73.3 Å². The van der Waals surface area contributed by atoms with E-state index in [4.69, 9.17) is 0 Å². The summed E-state index contributed by atoms with van der Waals surface area (Å²) in [5, 5.41) is 13.2. The second-order valence-electron chi connectivity index (χ2n) is 17.3. The van der Waals surface area contributed by atoms with Crippen LogP contribution in [0, 0.1) is 0 Å². The van der Waals surface area contributed by atoms with Gasteiger partial charge in [0.2, 0.25) is 0 Å². The van der Waals surface area contributed by atoms with E-state index in [1.54, 1.807) is 17.1 Å². The van der Waals surface area contributed by atoms with Gasteiger partial charge in [0.05, 0.1) is 0 Å². The Hall–Kier alpha value is -1.91. The molecule has 0 N–H and O–H groups in total. The summed E-state index contributed by atoms with van der Waals surface area (Å²) in [7, 11) is 3.31. The molecule has 38 heavy (non-hydrogen) atoms. The Labute approximate surface area is 215 Å². The quantitative estimate of drug-likeness (QED) is 0.0904. The second kappa shape index (κ2) is 2.65. The number of rotatable bonds is 4. The Kier molecular flexibility index (Phi) is 1.23. The van der Waals surface area contributed by atoms with Gasteiger partial charge in [0.1, 0.15) is 0 Å². The fraction of sp³-hybridized carbons (Fsp3) is 0.389. The average molecular weight is 550 g/mol. The minimum absolute atomic E-state index is 0.739. The van der Waals surface area contributed by atoms with Gasteiger partial charge < -0.3 is 0 Å². The summed E-state index contributed by atoms with van der Waals surface area (Å²) in [6.07, 6.45) is 4.54. The molecule has 10 saturated heterocycles. The van der Waals surface area contributed by atoms with Crippen molar-refractivity contribution in [1.82, 2.24) is 0 Å². The number of fused-ring (bicyclic) bond motifs is 15. The van der Waals surface area contributed by atoms with E-state index in [-0.39, 0.29) is 0 Å². The Morgan fingerprint density at radius 3 is 1.92 bits per heavy atom. The molecule has 5 aromatic rings. The van der Waals surface area contributed by atoms with Gasteiger partial charge in [0.15, 0.2) is 0 Å². The first-order chi connectivity index (χ1) is 18.4. The Morgan fingerprint density at radius 2 is 1.26 bits per heavy atom. The zero-order chi connectivity index (χ0) is 24.3. The van der Waals surface area contributed by atoms with E-state index in [1.807, 2.05) is 5.56 Å². The van der Waals surface area contributed by atoms with Crippen LogP contribution in [0.5, 0.6) is 0 Å². The molecule has 2 heteroatoms. The van der Waals surface area contributed by atoms with Gasteiger partial charge in [0, 0.05) is 0 Å². The van der Waals surface area contributed by atoms with E-state index in [0.717, 1.165) is 8.63 Å². The summed E-state index contributed by atoms with van der Waals surface area (Å²) < 4.78 is 1.63. The molecule has 10 aliphatic heterocycles. The molecule has 5 aromatic carbocycles. The van der Waals surface area contributed by atoms with Crippen LogP contribution in [-0.2, 0) is 10.8 Å². The first kappa shape index (κ1) is 17.7. The molecule has 0 saturated carbocycles. The van der Waals surface area contributed by atoms with E-state index in [1.165, 1.54) is 89.1 Å². The van der Waals surface area contributed by atoms with Crippen molar-refractivity contribution >= 4 is 57.6 Å². The number of unbranched alkanes of at least 4 members (excludes halogenated alkanes) is 1. The predicted molar refractivity (Wildman–Crippen MR) is 160 cm³/mol. The molecule has 188 valence electrons. The summed E-state index contributed by atoms with van der Waals surface area (Å²) in [5.74, 6) is 0. The zero-order valence-electron chi connectivity index (χ0n) is 21.6. The van der Waals surface area contributed by atoms with Gasteiger partial charge in [-0.15, -0.1) is 0 Å². The number of benzene rings is 5. The summed E-state index contributed by atoms with van der Waals surface area (Å²) in [6, 6.07) is 28.7. The fourth-order valence-corrected chi connectivity index (χ4v) is 101. The van der Waals surface area contributed by atoms with Gasteiger partial charge in [-0.05, 0) is 0 Å². The third-order valence-electron chi connectivity index (χ3n) is 21.3. The molecule has 15 rings (SSSR count). The fourth-order valence-electron chi connectivity index (χ4n) is 22.9. The van der Waals surface area contributed by atoms with Crippen molar-refractivity contribution in [3.8, 4) is 0 Å². The SMILES string of the molecule is CCCC[C]12[CH]3[CH]4[CH]5[C]1(c1c(P)ccc6cc7ccc8cc9ccccc9cc8c7cc16)[Fe]43521678[CH]2[CH]1[CH]6[CH]7[CH]28. The van der Waals surface area contributed by atoms with Crippen molar-refractivity contribution in [2.75, 3.05) is 0 Å². The zero-order valence-corrected chi connectivity index (χ0v) is 23.9. The average Bonchev–Trinajstić information content (AvgIpc) is 3.89. The van der Waals surface area contributed by atoms with Crippen molar-refractivity contribution in [1.29, 1.82) is 0 Å². The van der Waals surface area contributed by atoms with Crippen LogP contribution in [-0.4, -0.2) is 0 Å². The van der Waals surface area contributed by atoms with Gasteiger partial charge in [-0.1, -0.05) is 0 Å². The van der Waals surface area contributed by atoms with Gasteiger partial charge >= 0.3 is 216 Å². The van der Waals surface area contributed by atoms with Crippen LogP contribution in [0.2, 0.25) is 42.8 Å². The maximum atomic E-state index is 3.31. The molecular formula is C36H31FeP. The summed E-state index contributed by atoms with van der Waals surface area (Å²) in [6.45, 7) is -1.08. The summed E-state index contributed by atoms with van der Waals surface area (Å²) in [4.78, 5) is 10.7. The number of hydrogen-bond donors (Lipinski definition) is 0. The van der Waals surface area contributed by atoms with Crippen molar-refractivity contribution in [3.05, 3.63) is 78.4 Å². The van der Waals surface area contributed by atoms with E-state index in [0.29, 0.717) is 0 Å². The number of hydrogen-bond acceptors (Lipinski definition) is 0. The Balaban J connectivity index is 1.12. The molecule has 0 aliphatic carbocycles. The van der Waals surface area contributed by atoms with Crippen molar-refractivity contribution in [3.63, 3.8) is 0 Å². The topological polar surface area (TPSA) is 0 Å². The molecule has 1 spiro atoms. The Morgan fingerprint density at radius 1 is 0.658 bits per heavy atom. The van der Waals surface area contributed by atoms with Crippen LogP contribution in [0.1, 0.15) is 31.7 Å². The Bertz CT molecular complexity index is 2550. The van der Waals surface area contributed by atoms with Crippen LogP contribution >= 0.6 is 9.24 Å². The van der Waals surface area contributed by atoms with Crippen molar-refractivity contribution < 1.29 is 6.51 Å². The molecule has 10 heterocycles. The third-order valence-corrected chi connectivity index (χ3v) is 65.2. The molecule has 0 amide bonds. The molecule has 10 aliphatic rings. The predicted octanol–water partition coefficient (Wildman–Crippen LogP) is 10.2. The summed E-state index contributed by atoms with van der Waals surface area (Å²) in [5.41, 5.74) is 1.93. The van der Waals surface area contributed by atoms with Crippen LogP contribution in [0.15, 0.2) is 72.8 Å². The first-order valence-electron chi connectivity index (χ1n) is 15.2. The molecule has 6 atom stereocenters. The van der Waals surface area contributed by atoms with Crippen LogP contribution < -0.4 is 5.30 Å². The molecule has 0 radical (unpaired) electrons. The normalized spacial score (nSPS) is 62.3. The van der Waals surface area contributed by atoms with E-state index in [2.05, 4.69) is 89.0 Å². The third kappa shape index (κ3) is 0.423. The second-order valence-corrected chi connectivity index (χ2v) is 41.3. The molecule has 0 nitrogen and oxygen atoms in total. The van der Waals surface area contributed by atoms with Crippen LogP contribution in [0.4, 0.5) is 0 Å². The van der Waals surface area contributed by atoms with Crippen molar-refractivity contribution in [2.24, 2.45) is 0 Å².